The van der Waals surface area contributed by atoms with Crippen LogP contribution in [0.15, 0.2) is 42.5 Å². The van der Waals surface area contributed by atoms with Gasteiger partial charge in [0.1, 0.15) is 23.4 Å². The highest BCUT2D eigenvalue weighted by Crippen LogP contribution is 2.41. The van der Waals surface area contributed by atoms with Gasteiger partial charge in [-0.1, -0.05) is 44.7 Å². The average molecular weight is 464 g/mol. The lowest BCUT2D eigenvalue weighted by atomic mass is 9.83. The molecule has 1 heterocycles. The van der Waals surface area contributed by atoms with Gasteiger partial charge in [0.15, 0.2) is 0 Å². The molecule has 2 aromatic carbocycles. The lowest BCUT2D eigenvalue weighted by Gasteiger charge is -2.33. The molecular weight excluding hydrogens is 426 g/mol. The third-order valence-corrected chi connectivity index (χ3v) is 7.00. The zero-order chi connectivity index (χ0) is 24.1. The van der Waals surface area contributed by atoms with E-state index in [1.165, 1.54) is 6.42 Å². The van der Waals surface area contributed by atoms with Crippen molar-refractivity contribution >= 4 is 16.9 Å². The van der Waals surface area contributed by atoms with Crippen LogP contribution < -0.4 is 14.8 Å². The zero-order valence-electron chi connectivity index (χ0n) is 20.8. The van der Waals surface area contributed by atoms with E-state index in [0.717, 1.165) is 66.7 Å². The zero-order valence-corrected chi connectivity index (χ0v) is 20.8. The number of carbonyl (C=O) groups is 1. The fourth-order valence-corrected chi connectivity index (χ4v) is 5.32. The molecule has 34 heavy (non-hydrogen) atoms. The van der Waals surface area contributed by atoms with Crippen LogP contribution in [0.25, 0.3) is 22.4 Å². The van der Waals surface area contributed by atoms with Crippen LogP contribution in [0.1, 0.15) is 64.8 Å². The molecule has 2 unspecified atom stereocenters. The summed E-state index contributed by atoms with van der Waals surface area (Å²) in [6.07, 6.45) is 7.66. The molecule has 0 spiro atoms. The number of nitrogens with zero attached hydrogens (tertiary/aromatic N) is 2. The second-order valence-electron chi connectivity index (χ2n) is 9.40. The van der Waals surface area contributed by atoms with Gasteiger partial charge in [-0.3, -0.25) is 4.79 Å². The molecule has 1 amide bonds. The molecule has 0 radical (unpaired) electrons. The summed E-state index contributed by atoms with van der Waals surface area (Å²) in [5.41, 5.74) is 2.71. The SMILES string of the molecule is CCCC(C)NC(=O)C(C1CCCCC1)n1c(-c2ccc(OC)cc2OC)nc2ccccc21. The maximum Gasteiger partial charge on any atom is 0.243 e. The Morgan fingerprint density at radius 2 is 1.88 bits per heavy atom. The van der Waals surface area contributed by atoms with Gasteiger partial charge in [0, 0.05) is 12.1 Å². The summed E-state index contributed by atoms with van der Waals surface area (Å²) in [6, 6.07) is 13.7. The number of benzene rings is 2. The predicted molar refractivity (Wildman–Crippen MR) is 136 cm³/mol. The van der Waals surface area contributed by atoms with Gasteiger partial charge in [-0.25, -0.2) is 4.98 Å². The number of carbonyl (C=O) groups excluding carboxylic acids is 1. The third kappa shape index (κ3) is 4.91. The van der Waals surface area contributed by atoms with Crippen molar-refractivity contribution in [1.82, 2.24) is 14.9 Å². The minimum Gasteiger partial charge on any atom is -0.497 e. The summed E-state index contributed by atoms with van der Waals surface area (Å²) >= 11 is 0. The van der Waals surface area contributed by atoms with Crippen LogP contribution in [0.2, 0.25) is 0 Å². The Balaban J connectivity index is 1.89. The Morgan fingerprint density at radius 3 is 2.59 bits per heavy atom. The molecule has 0 aliphatic heterocycles. The summed E-state index contributed by atoms with van der Waals surface area (Å²) in [5.74, 6) is 2.51. The molecule has 6 nitrogen and oxygen atoms in total. The van der Waals surface area contributed by atoms with Crippen molar-refractivity contribution in [2.24, 2.45) is 5.92 Å². The average Bonchev–Trinajstić information content (AvgIpc) is 3.23. The van der Waals surface area contributed by atoms with Crippen molar-refractivity contribution in [3.05, 3.63) is 42.5 Å². The highest BCUT2D eigenvalue weighted by molar-refractivity contribution is 5.88. The van der Waals surface area contributed by atoms with Crippen molar-refractivity contribution < 1.29 is 14.3 Å². The first-order valence-electron chi connectivity index (χ1n) is 12.6. The summed E-state index contributed by atoms with van der Waals surface area (Å²) < 4.78 is 13.3. The van der Waals surface area contributed by atoms with Crippen LogP contribution in [-0.2, 0) is 4.79 Å². The predicted octanol–water partition coefficient (Wildman–Crippen LogP) is 6.15. The molecule has 3 aromatic rings. The summed E-state index contributed by atoms with van der Waals surface area (Å²) in [4.78, 5) is 18.9. The Bertz CT molecular complexity index is 1120. The minimum atomic E-state index is -0.325. The van der Waals surface area contributed by atoms with Crippen LogP contribution >= 0.6 is 0 Å². The number of rotatable bonds is 9. The van der Waals surface area contributed by atoms with E-state index in [4.69, 9.17) is 14.5 Å². The van der Waals surface area contributed by atoms with Crippen LogP contribution in [0.5, 0.6) is 11.5 Å². The quantitative estimate of drug-likeness (QED) is 0.413. The molecule has 1 aliphatic rings. The molecule has 6 heteroatoms. The Kier molecular flexibility index (Phi) is 7.76. The molecule has 4 rings (SSSR count). The van der Waals surface area contributed by atoms with Gasteiger partial charge in [-0.05, 0) is 56.4 Å². The maximum absolute atomic E-state index is 13.9. The highest BCUT2D eigenvalue weighted by atomic mass is 16.5. The lowest BCUT2D eigenvalue weighted by Crippen LogP contribution is -2.41. The van der Waals surface area contributed by atoms with Gasteiger partial charge in [-0.2, -0.15) is 0 Å². The van der Waals surface area contributed by atoms with E-state index < -0.39 is 0 Å². The number of para-hydroxylation sites is 2. The number of ether oxygens (including phenoxy) is 2. The Morgan fingerprint density at radius 1 is 1.12 bits per heavy atom. The number of nitrogens with one attached hydrogen (secondary N) is 1. The van der Waals surface area contributed by atoms with Gasteiger partial charge in [0.2, 0.25) is 5.91 Å². The molecule has 182 valence electrons. The molecule has 1 fully saturated rings. The lowest BCUT2D eigenvalue weighted by molar-refractivity contribution is -0.126. The summed E-state index contributed by atoms with van der Waals surface area (Å²) in [7, 11) is 3.30. The summed E-state index contributed by atoms with van der Waals surface area (Å²) in [5, 5.41) is 3.32. The minimum absolute atomic E-state index is 0.0877. The van der Waals surface area contributed by atoms with E-state index in [1.807, 2.05) is 36.4 Å². The van der Waals surface area contributed by atoms with Crippen molar-refractivity contribution in [2.75, 3.05) is 14.2 Å². The topological polar surface area (TPSA) is 65.4 Å². The second kappa shape index (κ2) is 10.9. The van der Waals surface area contributed by atoms with Crippen LogP contribution in [0.3, 0.4) is 0 Å². The smallest absolute Gasteiger partial charge is 0.243 e. The molecule has 2 atom stereocenters. The van der Waals surface area contributed by atoms with Crippen LogP contribution in [0.4, 0.5) is 0 Å². The standard InChI is InChI=1S/C28H37N3O3/c1-5-11-19(2)29-28(32)26(20-12-7-6-8-13-20)31-24-15-10-9-14-23(24)30-27(31)22-17-16-21(33-3)18-25(22)34-4/h9-10,14-20,26H,5-8,11-13H2,1-4H3,(H,29,32). The largest absolute Gasteiger partial charge is 0.497 e. The molecule has 1 aromatic heterocycles. The van der Waals surface area contributed by atoms with Crippen molar-refractivity contribution in [1.29, 1.82) is 0 Å². The Labute approximate surface area is 202 Å². The number of hydrogen-bond donors (Lipinski definition) is 1. The molecule has 0 saturated heterocycles. The normalized spacial score (nSPS) is 16.2. The molecule has 0 bridgehead atoms. The first-order chi connectivity index (χ1) is 16.6. The first-order valence-corrected chi connectivity index (χ1v) is 12.6. The van der Waals surface area contributed by atoms with Crippen LogP contribution in [-0.4, -0.2) is 35.7 Å². The molecule has 1 aliphatic carbocycles. The van der Waals surface area contributed by atoms with Crippen molar-refractivity contribution in [3.63, 3.8) is 0 Å². The number of hydrogen-bond acceptors (Lipinski definition) is 4. The van der Waals surface area contributed by atoms with E-state index >= 15 is 0 Å². The van der Waals surface area contributed by atoms with Gasteiger partial charge in [0.25, 0.3) is 0 Å². The number of fused-ring (bicyclic) bond motifs is 1. The monoisotopic (exact) mass is 463 g/mol. The van der Waals surface area contributed by atoms with Gasteiger partial charge >= 0.3 is 0 Å². The molecular formula is C28H37N3O3. The number of amides is 1. The van der Waals surface area contributed by atoms with Gasteiger partial charge in [0.05, 0.1) is 30.8 Å². The third-order valence-electron chi connectivity index (χ3n) is 7.00. The molecule has 1 N–H and O–H groups in total. The number of imidazole rings is 1. The highest BCUT2D eigenvalue weighted by Gasteiger charge is 2.35. The number of methoxy groups -OCH3 is 2. The van der Waals surface area contributed by atoms with E-state index in [9.17, 15) is 4.79 Å². The van der Waals surface area contributed by atoms with E-state index in [2.05, 4.69) is 29.8 Å². The van der Waals surface area contributed by atoms with Gasteiger partial charge < -0.3 is 19.4 Å². The van der Waals surface area contributed by atoms with Crippen molar-refractivity contribution in [3.8, 4) is 22.9 Å². The maximum atomic E-state index is 13.9. The van der Waals surface area contributed by atoms with E-state index in [1.54, 1.807) is 14.2 Å². The fourth-order valence-electron chi connectivity index (χ4n) is 5.32. The summed E-state index contributed by atoms with van der Waals surface area (Å²) in [6.45, 7) is 4.25. The van der Waals surface area contributed by atoms with Crippen molar-refractivity contribution in [2.45, 2.75) is 70.9 Å². The van der Waals surface area contributed by atoms with Crippen LogP contribution in [0, 0.1) is 5.92 Å². The first kappa shape index (κ1) is 24.1. The molecule has 1 saturated carbocycles. The Hall–Kier alpha value is -3.02. The van der Waals surface area contributed by atoms with Gasteiger partial charge in [-0.15, -0.1) is 0 Å². The fraction of sp³-hybridized carbons (Fsp3) is 0.500. The second-order valence-corrected chi connectivity index (χ2v) is 9.40. The van der Waals surface area contributed by atoms with E-state index in [-0.39, 0.29) is 23.9 Å². The van der Waals surface area contributed by atoms with E-state index in [0.29, 0.717) is 5.75 Å². The number of aromatic nitrogens is 2.